The lowest BCUT2D eigenvalue weighted by atomic mass is 10.0. The van der Waals surface area contributed by atoms with Gasteiger partial charge in [-0.25, -0.2) is 0 Å². The van der Waals surface area contributed by atoms with Crippen LogP contribution in [0.1, 0.15) is 367 Å². The predicted octanol–water partition coefficient (Wildman–Crippen LogP) is 22.8. The molecule has 0 aromatic heterocycles. The summed E-state index contributed by atoms with van der Waals surface area (Å²) in [7, 11) is 0. The highest BCUT2D eigenvalue weighted by atomic mass is 16.6. The standard InChI is InChI=1S/C69H128O6/c1-4-7-10-13-16-19-22-25-28-29-30-31-32-33-34-35-36-37-38-39-42-44-47-50-53-56-59-62-68(71)74-65-66(75-69(72)63-60-57-54-51-48-45-41-27-24-21-18-15-12-9-6-3)64-73-67(70)61-58-55-52-49-46-43-40-26-23-20-17-14-11-8-5-2/h9,12,18,21,27,41,66H,4-8,10-11,13-17,19-20,22-26,28-40,42-65H2,1-3H3/b12-9-,21-18-,41-27-. The van der Waals surface area contributed by atoms with Crippen molar-refractivity contribution in [3.8, 4) is 0 Å². The van der Waals surface area contributed by atoms with Gasteiger partial charge < -0.3 is 14.2 Å². The first-order valence-electron chi connectivity index (χ1n) is 33.5. The number of ether oxygens (including phenoxy) is 3. The van der Waals surface area contributed by atoms with E-state index in [9.17, 15) is 14.4 Å². The maximum atomic E-state index is 12.9. The zero-order valence-corrected chi connectivity index (χ0v) is 50.6. The van der Waals surface area contributed by atoms with Crippen molar-refractivity contribution >= 4 is 17.9 Å². The van der Waals surface area contributed by atoms with E-state index in [0.717, 1.165) is 96.3 Å². The molecule has 0 amide bonds. The highest BCUT2D eigenvalue weighted by molar-refractivity contribution is 5.71. The molecule has 0 radical (unpaired) electrons. The van der Waals surface area contributed by atoms with Gasteiger partial charge in [-0.3, -0.25) is 14.4 Å². The third kappa shape index (κ3) is 62.4. The number of rotatable bonds is 62. The molecule has 0 spiro atoms. The SMILES string of the molecule is CC/C=C\C/C=C\C/C=C\CCCCCCCC(=O)OC(COC(=O)CCCCCCCCCCCCCCCCC)COC(=O)CCCCCCCCCCCCCCCCCCCCCCCCCCCCC. The van der Waals surface area contributed by atoms with Crippen LogP contribution >= 0.6 is 0 Å². The Labute approximate surface area is 467 Å². The summed E-state index contributed by atoms with van der Waals surface area (Å²) in [6.45, 7) is 6.58. The second-order valence-corrected chi connectivity index (χ2v) is 22.7. The average molecular weight is 1050 g/mol. The maximum absolute atomic E-state index is 12.9. The zero-order valence-electron chi connectivity index (χ0n) is 50.6. The van der Waals surface area contributed by atoms with E-state index in [-0.39, 0.29) is 31.1 Å². The molecule has 0 aliphatic carbocycles. The van der Waals surface area contributed by atoms with Crippen LogP contribution < -0.4 is 0 Å². The van der Waals surface area contributed by atoms with Gasteiger partial charge in [0.05, 0.1) is 0 Å². The van der Waals surface area contributed by atoms with Crippen LogP contribution in [-0.2, 0) is 28.6 Å². The van der Waals surface area contributed by atoms with E-state index < -0.39 is 6.10 Å². The molecule has 0 fully saturated rings. The Morgan fingerprint density at radius 3 is 0.813 bits per heavy atom. The molecule has 0 heterocycles. The van der Waals surface area contributed by atoms with Crippen molar-refractivity contribution in [1.82, 2.24) is 0 Å². The Morgan fingerprint density at radius 2 is 0.520 bits per heavy atom. The summed E-state index contributed by atoms with van der Waals surface area (Å²) in [5, 5.41) is 0. The lowest BCUT2D eigenvalue weighted by Gasteiger charge is -2.18. The minimum atomic E-state index is -0.778. The number of carbonyl (C=O) groups excluding carboxylic acids is 3. The number of hydrogen-bond donors (Lipinski definition) is 0. The van der Waals surface area contributed by atoms with Crippen molar-refractivity contribution in [2.45, 2.75) is 374 Å². The van der Waals surface area contributed by atoms with E-state index in [1.54, 1.807) is 0 Å². The molecule has 75 heavy (non-hydrogen) atoms. The van der Waals surface area contributed by atoms with Crippen molar-refractivity contribution in [2.24, 2.45) is 0 Å². The summed E-state index contributed by atoms with van der Waals surface area (Å²) in [5.41, 5.74) is 0. The van der Waals surface area contributed by atoms with Gasteiger partial charge in [0.15, 0.2) is 6.10 Å². The van der Waals surface area contributed by atoms with Gasteiger partial charge in [0.1, 0.15) is 13.2 Å². The number of esters is 3. The molecule has 0 N–H and O–H groups in total. The number of carbonyl (C=O) groups is 3. The van der Waals surface area contributed by atoms with Crippen molar-refractivity contribution in [2.75, 3.05) is 13.2 Å². The molecule has 0 saturated heterocycles. The van der Waals surface area contributed by atoms with Crippen LogP contribution in [0.4, 0.5) is 0 Å². The molecule has 0 aromatic rings. The fraction of sp³-hybridized carbons (Fsp3) is 0.870. The lowest BCUT2D eigenvalue weighted by molar-refractivity contribution is -0.167. The Bertz CT molecular complexity index is 1250. The maximum Gasteiger partial charge on any atom is 0.306 e. The van der Waals surface area contributed by atoms with Crippen LogP contribution in [0.2, 0.25) is 0 Å². The minimum absolute atomic E-state index is 0.0739. The molecule has 440 valence electrons. The average Bonchev–Trinajstić information content (AvgIpc) is 3.41. The molecular formula is C69H128O6. The lowest BCUT2D eigenvalue weighted by Crippen LogP contribution is -2.30. The molecule has 1 unspecified atom stereocenters. The summed E-state index contributed by atoms with van der Waals surface area (Å²) in [6.07, 6.45) is 78.9. The highest BCUT2D eigenvalue weighted by Gasteiger charge is 2.19. The Hall–Kier alpha value is -2.37. The van der Waals surface area contributed by atoms with E-state index in [0.29, 0.717) is 19.3 Å². The van der Waals surface area contributed by atoms with Gasteiger partial charge >= 0.3 is 17.9 Å². The quantitative estimate of drug-likeness (QED) is 0.0261. The molecule has 0 saturated carbocycles. The van der Waals surface area contributed by atoms with E-state index in [1.165, 1.54) is 231 Å². The third-order valence-corrected chi connectivity index (χ3v) is 15.2. The molecule has 1 atom stereocenters. The Morgan fingerprint density at radius 1 is 0.280 bits per heavy atom. The predicted molar refractivity (Wildman–Crippen MR) is 326 cm³/mol. The minimum Gasteiger partial charge on any atom is -0.462 e. The second-order valence-electron chi connectivity index (χ2n) is 22.7. The Balaban J connectivity index is 4.20. The van der Waals surface area contributed by atoms with Gasteiger partial charge in [0.25, 0.3) is 0 Å². The van der Waals surface area contributed by atoms with E-state index in [1.807, 2.05) is 0 Å². The topological polar surface area (TPSA) is 78.9 Å². The first-order chi connectivity index (χ1) is 37.0. The molecule has 0 aliphatic heterocycles. The van der Waals surface area contributed by atoms with Gasteiger partial charge in [0.2, 0.25) is 0 Å². The fourth-order valence-corrected chi connectivity index (χ4v) is 10.2. The number of allylic oxidation sites excluding steroid dienone is 6. The van der Waals surface area contributed by atoms with Crippen LogP contribution in [0.25, 0.3) is 0 Å². The van der Waals surface area contributed by atoms with Gasteiger partial charge in [-0.05, 0) is 51.4 Å². The van der Waals surface area contributed by atoms with Gasteiger partial charge in [-0.15, -0.1) is 0 Å². The zero-order chi connectivity index (χ0) is 54.3. The molecule has 0 bridgehead atoms. The smallest absolute Gasteiger partial charge is 0.306 e. The van der Waals surface area contributed by atoms with Crippen molar-refractivity contribution in [3.63, 3.8) is 0 Å². The summed E-state index contributed by atoms with van der Waals surface area (Å²) in [6, 6.07) is 0. The summed E-state index contributed by atoms with van der Waals surface area (Å²) in [5.74, 6) is -0.865. The molecule has 0 rings (SSSR count). The Kier molecular flexibility index (Phi) is 62.1. The molecule has 0 aromatic carbocycles. The van der Waals surface area contributed by atoms with Crippen molar-refractivity contribution < 1.29 is 28.6 Å². The molecule has 6 heteroatoms. The number of hydrogen-bond acceptors (Lipinski definition) is 6. The van der Waals surface area contributed by atoms with Crippen LogP contribution in [0, 0.1) is 0 Å². The first kappa shape index (κ1) is 72.6. The van der Waals surface area contributed by atoms with E-state index in [2.05, 4.69) is 57.2 Å². The van der Waals surface area contributed by atoms with Crippen LogP contribution in [-0.4, -0.2) is 37.2 Å². The van der Waals surface area contributed by atoms with E-state index in [4.69, 9.17) is 14.2 Å². The van der Waals surface area contributed by atoms with Gasteiger partial charge in [-0.2, -0.15) is 0 Å². The largest absolute Gasteiger partial charge is 0.462 e. The normalized spacial score (nSPS) is 12.2. The monoisotopic (exact) mass is 1050 g/mol. The van der Waals surface area contributed by atoms with E-state index >= 15 is 0 Å². The third-order valence-electron chi connectivity index (χ3n) is 15.2. The summed E-state index contributed by atoms with van der Waals surface area (Å²) >= 11 is 0. The van der Waals surface area contributed by atoms with Gasteiger partial charge in [-0.1, -0.05) is 333 Å². The second kappa shape index (κ2) is 64.2. The molecular weight excluding hydrogens is 925 g/mol. The molecule has 6 nitrogen and oxygen atoms in total. The summed E-state index contributed by atoms with van der Waals surface area (Å²) < 4.78 is 16.9. The van der Waals surface area contributed by atoms with Crippen molar-refractivity contribution in [3.05, 3.63) is 36.5 Å². The fourth-order valence-electron chi connectivity index (χ4n) is 10.2. The van der Waals surface area contributed by atoms with Crippen LogP contribution in [0.3, 0.4) is 0 Å². The number of unbranched alkanes of at least 4 members (excludes halogenated alkanes) is 45. The first-order valence-corrected chi connectivity index (χ1v) is 33.5. The summed E-state index contributed by atoms with van der Waals surface area (Å²) in [4.78, 5) is 38.3. The van der Waals surface area contributed by atoms with Gasteiger partial charge in [0, 0.05) is 19.3 Å². The van der Waals surface area contributed by atoms with Crippen molar-refractivity contribution in [1.29, 1.82) is 0 Å². The highest BCUT2D eigenvalue weighted by Crippen LogP contribution is 2.18. The van der Waals surface area contributed by atoms with Crippen LogP contribution in [0.5, 0.6) is 0 Å². The van der Waals surface area contributed by atoms with Crippen LogP contribution in [0.15, 0.2) is 36.5 Å². The molecule has 0 aliphatic rings.